The quantitative estimate of drug-likeness (QED) is 0.865. The van der Waals surface area contributed by atoms with Gasteiger partial charge in [-0.2, -0.15) is 0 Å². The molecule has 2 unspecified atom stereocenters. The van der Waals surface area contributed by atoms with Crippen molar-refractivity contribution in [2.24, 2.45) is 0 Å². The van der Waals surface area contributed by atoms with Crippen molar-refractivity contribution in [2.75, 3.05) is 32.9 Å². The number of rotatable bonds is 4. The van der Waals surface area contributed by atoms with Crippen molar-refractivity contribution in [3.63, 3.8) is 0 Å². The predicted octanol–water partition coefficient (Wildman–Crippen LogP) is 2.21. The Labute approximate surface area is 117 Å². The number of alkyl halides is 1. The lowest BCUT2D eigenvalue weighted by Gasteiger charge is -2.42. The minimum atomic E-state index is -0.342. The zero-order valence-electron chi connectivity index (χ0n) is 10.7. The normalized spacial score (nSPS) is 22.4. The SMILES string of the molecule is CC(Br)(CO)C(c1ccccc1)N1CCOCC1. The summed E-state index contributed by atoms with van der Waals surface area (Å²) in [5.74, 6) is 0. The Hall–Kier alpha value is -0.420. The lowest BCUT2D eigenvalue weighted by Crippen LogP contribution is -2.47. The second-order valence-electron chi connectivity index (χ2n) is 4.90. The Morgan fingerprint density at radius 3 is 2.50 bits per heavy atom. The van der Waals surface area contributed by atoms with Crippen molar-refractivity contribution in [1.29, 1.82) is 0 Å². The molecule has 0 aliphatic carbocycles. The fraction of sp³-hybridized carbons (Fsp3) is 0.571. The van der Waals surface area contributed by atoms with Gasteiger partial charge in [0.25, 0.3) is 0 Å². The summed E-state index contributed by atoms with van der Waals surface area (Å²) < 4.78 is 5.07. The van der Waals surface area contributed by atoms with E-state index in [-0.39, 0.29) is 17.0 Å². The Balaban J connectivity index is 2.28. The number of halogens is 1. The van der Waals surface area contributed by atoms with Crippen LogP contribution in [0.3, 0.4) is 0 Å². The molecule has 1 aliphatic heterocycles. The van der Waals surface area contributed by atoms with Crippen molar-refractivity contribution in [3.8, 4) is 0 Å². The summed E-state index contributed by atoms with van der Waals surface area (Å²) in [6.45, 7) is 5.47. The molecule has 1 aromatic carbocycles. The van der Waals surface area contributed by atoms with E-state index in [0.29, 0.717) is 0 Å². The molecule has 1 heterocycles. The molecule has 18 heavy (non-hydrogen) atoms. The van der Waals surface area contributed by atoms with E-state index >= 15 is 0 Å². The summed E-state index contributed by atoms with van der Waals surface area (Å²) >= 11 is 3.69. The van der Waals surface area contributed by atoms with Crippen LogP contribution in [0.15, 0.2) is 30.3 Å². The lowest BCUT2D eigenvalue weighted by molar-refractivity contribution is 0.00357. The molecule has 1 aromatic rings. The highest BCUT2D eigenvalue weighted by molar-refractivity contribution is 9.10. The van der Waals surface area contributed by atoms with Gasteiger partial charge in [-0.1, -0.05) is 46.3 Å². The van der Waals surface area contributed by atoms with E-state index in [1.54, 1.807) is 0 Å². The van der Waals surface area contributed by atoms with Gasteiger partial charge in [-0.15, -0.1) is 0 Å². The summed E-state index contributed by atoms with van der Waals surface area (Å²) in [5, 5.41) is 9.65. The van der Waals surface area contributed by atoms with Gasteiger partial charge < -0.3 is 9.84 Å². The molecular weight excluding hydrogens is 294 g/mol. The van der Waals surface area contributed by atoms with Gasteiger partial charge in [0.15, 0.2) is 0 Å². The molecule has 0 radical (unpaired) electrons. The topological polar surface area (TPSA) is 32.7 Å². The van der Waals surface area contributed by atoms with Crippen LogP contribution in [0.1, 0.15) is 18.5 Å². The molecule has 0 bridgehead atoms. The summed E-state index contributed by atoms with van der Waals surface area (Å²) in [6, 6.07) is 10.5. The molecule has 1 aliphatic rings. The third-order valence-corrected chi connectivity index (χ3v) is 4.09. The van der Waals surface area contributed by atoms with Gasteiger partial charge in [0, 0.05) is 13.1 Å². The molecule has 4 heteroatoms. The van der Waals surface area contributed by atoms with Crippen LogP contribution in [0.2, 0.25) is 0 Å². The first-order valence-corrected chi connectivity index (χ1v) is 7.11. The minimum Gasteiger partial charge on any atom is -0.395 e. The van der Waals surface area contributed by atoms with Crippen molar-refractivity contribution in [1.82, 2.24) is 4.90 Å². The molecule has 0 aromatic heterocycles. The average Bonchev–Trinajstić information content (AvgIpc) is 2.41. The van der Waals surface area contributed by atoms with Crippen LogP contribution in [0.4, 0.5) is 0 Å². The van der Waals surface area contributed by atoms with Crippen molar-refractivity contribution >= 4 is 15.9 Å². The summed E-state index contributed by atoms with van der Waals surface area (Å²) in [6.07, 6.45) is 0. The summed E-state index contributed by atoms with van der Waals surface area (Å²) in [7, 11) is 0. The largest absolute Gasteiger partial charge is 0.395 e. The molecule has 3 nitrogen and oxygen atoms in total. The Morgan fingerprint density at radius 1 is 1.33 bits per heavy atom. The number of aliphatic hydroxyl groups is 1. The maximum Gasteiger partial charge on any atom is 0.0656 e. The molecule has 1 fully saturated rings. The standard InChI is InChI=1S/C14H20BrNO2/c1-14(15,11-17)13(12-5-3-2-4-6-12)16-7-9-18-10-8-16/h2-6,13,17H,7-11H2,1H3. The van der Waals surface area contributed by atoms with Crippen LogP contribution in [0, 0.1) is 0 Å². The van der Waals surface area contributed by atoms with E-state index in [4.69, 9.17) is 4.74 Å². The van der Waals surface area contributed by atoms with Crippen LogP contribution in [-0.2, 0) is 4.74 Å². The Bertz CT molecular complexity index is 363. The monoisotopic (exact) mass is 313 g/mol. The van der Waals surface area contributed by atoms with Crippen LogP contribution in [0.5, 0.6) is 0 Å². The minimum absolute atomic E-state index is 0.101. The van der Waals surface area contributed by atoms with Gasteiger partial charge in [0.1, 0.15) is 0 Å². The van der Waals surface area contributed by atoms with Crippen molar-refractivity contribution < 1.29 is 9.84 Å². The van der Waals surface area contributed by atoms with E-state index in [9.17, 15) is 5.11 Å². The predicted molar refractivity (Wildman–Crippen MR) is 76.0 cm³/mol. The number of ether oxygens (including phenoxy) is 1. The van der Waals surface area contributed by atoms with Crippen LogP contribution in [-0.4, -0.2) is 47.2 Å². The van der Waals surface area contributed by atoms with Crippen LogP contribution in [0.25, 0.3) is 0 Å². The second-order valence-corrected chi connectivity index (χ2v) is 6.71. The number of aliphatic hydroxyl groups excluding tert-OH is 1. The van der Waals surface area contributed by atoms with Gasteiger partial charge in [0.05, 0.1) is 30.2 Å². The molecule has 100 valence electrons. The van der Waals surface area contributed by atoms with Gasteiger partial charge >= 0.3 is 0 Å². The Morgan fingerprint density at radius 2 is 1.94 bits per heavy atom. The summed E-state index contributed by atoms with van der Waals surface area (Å²) in [4.78, 5) is 2.38. The highest BCUT2D eigenvalue weighted by Crippen LogP contribution is 2.38. The van der Waals surface area contributed by atoms with Gasteiger partial charge in [0.2, 0.25) is 0 Å². The molecule has 0 amide bonds. The smallest absolute Gasteiger partial charge is 0.0656 e. The number of nitrogens with zero attached hydrogens (tertiary/aromatic N) is 1. The van der Waals surface area contributed by atoms with Crippen LogP contribution >= 0.6 is 15.9 Å². The first-order chi connectivity index (χ1) is 8.65. The zero-order chi connectivity index (χ0) is 13.0. The van der Waals surface area contributed by atoms with Crippen molar-refractivity contribution in [3.05, 3.63) is 35.9 Å². The van der Waals surface area contributed by atoms with Crippen molar-refractivity contribution in [2.45, 2.75) is 17.3 Å². The lowest BCUT2D eigenvalue weighted by atomic mass is 9.93. The van der Waals surface area contributed by atoms with Gasteiger partial charge in [-0.3, -0.25) is 4.90 Å². The number of morpholine rings is 1. The molecule has 2 atom stereocenters. The highest BCUT2D eigenvalue weighted by atomic mass is 79.9. The van der Waals surface area contributed by atoms with E-state index in [1.165, 1.54) is 5.56 Å². The van der Waals surface area contributed by atoms with Gasteiger partial charge in [-0.25, -0.2) is 0 Å². The number of hydrogen-bond donors (Lipinski definition) is 1. The molecule has 1 N–H and O–H groups in total. The maximum absolute atomic E-state index is 9.65. The molecule has 0 spiro atoms. The molecular formula is C14H20BrNO2. The van der Waals surface area contributed by atoms with Gasteiger partial charge in [-0.05, 0) is 12.5 Å². The third-order valence-electron chi connectivity index (χ3n) is 3.41. The summed E-state index contributed by atoms with van der Waals surface area (Å²) in [5.41, 5.74) is 1.23. The molecule has 2 rings (SSSR count). The van der Waals surface area contributed by atoms with Crippen LogP contribution < -0.4 is 0 Å². The van der Waals surface area contributed by atoms with E-state index < -0.39 is 0 Å². The average molecular weight is 314 g/mol. The maximum atomic E-state index is 9.65. The van der Waals surface area contributed by atoms with E-state index in [1.807, 2.05) is 25.1 Å². The molecule has 1 saturated heterocycles. The third kappa shape index (κ3) is 3.12. The van der Waals surface area contributed by atoms with E-state index in [0.717, 1.165) is 26.3 Å². The second kappa shape index (κ2) is 6.15. The first-order valence-electron chi connectivity index (χ1n) is 6.31. The number of hydrogen-bond acceptors (Lipinski definition) is 3. The first kappa shape index (κ1) is 14.0. The zero-order valence-corrected chi connectivity index (χ0v) is 12.3. The highest BCUT2D eigenvalue weighted by Gasteiger charge is 2.37. The fourth-order valence-electron chi connectivity index (χ4n) is 2.50. The molecule has 0 saturated carbocycles. The fourth-order valence-corrected chi connectivity index (χ4v) is 3.05. The van der Waals surface area contributed by atoms with E-state index in [2.05, 4.69) is 33.0 Å². The Kier molecular flexibility index (Phi) is 4.78. The number of benzene rings is 1.